The summed E-state index contributed by atoms with van der Waals surface area (Å²) in [4.78, 5) is 26.8. The summed E-state index contributed by atoms with van der Waals surface area (Å²) >= 11 is 0. The zero-order valence-corrected chi connectivity index (χ0v) is 41.5. The summed E-state index contributed by atoms with van der Waals surface area (Å²) < 4.78 is 69.9. The van der Waals surface area contributed by atoms with Crippen LogP contribution in [0.5, 0.6) is 0 Å². The molecule has 0 aromatic carbocycles. The summed E-state index contributed by atoms with van der Waals surface area (Å²) in [5.41, 5.74) is 0.110. The molecule has 15 nitrogen and oxygen atoms in total. The summed E-state index contributed by atoms with van der Waals surface area (Å²) in [6, 6.07) is 0. The summed E-state index contributed by atoms with van der Waals surface area (Å²) in [5.74, 6) is -3.08. The molecule has 7 rings (SSSR count). The van der Waals surface area contributed by atoms with Crippen LogP contribution in [0.3, 0.4) is 0 Å². The number of esters is 2. The van der Waals surface area contributed by atoms with Crippen molar-refractivity contribution in [3.8, 4) is 0 Å². The monoisotopic (exact) mass is 943 g/mol. The number of aliphatic hydroxyl groups is 2. The van der Waals surface area contributed by atoms with Gasteiger partial charge in [0, 0.05) is 57.7 Å². The van der Waals surface area contributed by atoms with Crippen LogP contribution >= 0.6 is 0 Å². The Bertz CT molecular complexity index is 1880. The van der Waals surface area contributed by atoms with E-state index in [0.717, 1.165) is 12.0 Å². The van der Waals surface area contributed by atoms with E-state index in [1.165, 1.54) is 0 Å². The predicted molar refractivity (Wildman–Crippen MR) is 246 cm³/mol. The molecule has 0 radical (unpaired) electrons. The molecule has 2 unspecified atom stereocenters. The second-order valence-electron chi connectivity index (χ2n) is 20.1. The van der Waals surface area contributed by atoms with Gasteiger partial charge < -0.3 is 62.3 Å². The molecule has 0 amide bonds. The highest BCUT2D eigenvalue weighted by Crippen LogP contribution is 2.47. The number of rotatable bonds is 11. The Morgan fingerprint density at radius 3 is 2.34 bits per heavy atom. The van der Waals surface area contributed by atoms with E-state index >= 15 is 0 Å². The maximum Gasteiger partial charge on any atom is 0.316 e. The molecule has 2 N–H and O–H groups in total. The highest BCUT2D eigenvalue weighted by molar-refractivity contribution is 5.78. The van der Waals surface area contributed by atoms with Gasteiger partial charge in [0.2, 0.25) is 0 Å². The lowest BCUT2D eigenvalue weighted by atomic mass is 9.71. The Labute approximate surface area is 397 Å². The minimum Gasteiger partial charge on any atom is -0.466 e. The van der Waals surface area contributed by atoms with E-state index < -0.39 is 84.7 Å². The number of hydrogen-bond acceptors (Lipinski definition) is 15. The van der Waals surface area contributed by atoms with Gasteiger partial charge in [-0.2, -0.15) is 0 Å². The van der Waals surface area contributed by atoms with Crippen molar-refractivity contribution in [2.75, 3.05) is 27.4 Å². The van der Waals surface area contributed by atoms with Crippen molar-refractivity contribution in [1.29, 1.82) is 0 Å². The number of aliphatic hydroxyl groups excluding tert-OH is 1. The van der Waals surface area contributed by atoms with E-state index in [4.69, 9.17) is 52.1 Å². The van der Waals surface area contributed by atoms with Crippen molar-refractivity contribution in [3.05, 3.63) is 59.3 Å². The minimum absolute atomic E-state index is 0.0253. The molecular weight excluding hydrogens is 865 g/mol. The fourth-order valence-corrected chi connectivity index (χ4v) is 11.4. The van der Waals surface area contributed by atoms with E-state index in [1.807, 2.05) is 39.0 Å². The maximum absolute atomic E-state index is 14.4. The molecule has 4 fully saturated rings. The topological polar surface area (TPSA) is 176 Å². The van der Waals surface area contributed by atoms with E-state index in [1.54, 1.807) is 40.2 Å². The van der Waals surface area contributed by atoms with Gasteiger partial charge in [-0.1, -0.05) is 70.6 Å². The third kappa shape index (κ3) is 11.2. The van der Waals surface area contributed by atoms with Crippen molar-refractivity contribution in [3.63, 3.8) is 0 Å². The number of ether oxygens (including phenoxy) is 11. The lowest BCUT2D eigenvalue weighted by Crippen LogP contribution is -2.58. The van der Waals surface area contributed by atoms with Crippen LogP contribution in [0, 0.1) is 29.6 Å². The standard InChI is InChI=1S/C52H78O15/c1-12-28(3)47-31(6)19-20-51(67-47)26-37-22-36(66-51)18-17-30(5)46(29(4)15-14-16-35-27-60-49-45(54)32(7)21-39(50(55)63-37)52(35,49)56)64-44-25-41(58-11)48(34(9)62-44)65-43-24-40(57-10)38(33(8)61-43)23-42(53)59-13-2/h14-17,19-21,28-29,31,33-34,36-41,43-49,54,56H,12-13,18,22-27H2,1-11H3/b15-14+,30-17+,35-16+/t28-,29-,31-,33-,34-,36+,37-,38+,39-,40-,41-,43-,44-,45+,46?,47+,48?,49+,51+,52+/m0/s1. The van der Waals surface area contributed by atoms with Crippen LogP contribution in [0.1, 0.15) is 107 Å². The van der Waals surface area contributed by atoms with Gasteiger partial charge in [0.05, 0.1) is 62.4 Å². The van der Waals surface area contributed by atoms with Gasteiger partial charge in [-0.05, 0) is 69.8 Å². The molecule has 67 heavy (non-hydrogen) atoms. The maximum atomic E-state index is 14.4. The molecule has 20 atom stereocenters. The second kappa shape index (κ2) is 22.1. The molecule has 15 heteroatoms. The van der Waals surface area contributed by atoms with Crippen molar-refractivity contribution < 1.29 is 71.9 Å². The number of methoxy groups -OCH3 is 2. The second-order valence-corrected chi connectivity index (χ2v) is 20.1. The SMILES string of the molecule is CCOC(=O)C[C@@H]1[C@H](C)O[C@@H](OC2[C@H](C)O[C@@H](OC3/C(C)=C/C[C@@H]4C[C@@H](C[C@]5(C=C[C@H](C)[C@@H]([C@@H](C)CC)O5)O4)OC(=O)[C@@H]4C=C(C)[C@@H](O)[C@H]5OC/C(=C\C=C\[C@@H]3C)[C@]54O)C[C@@H]2OC)C[C@@H]1OC. The minimum atomic E-state index is -1.84. The largest absolute Gasteiger partial charge is 0.466 e. The Hall–Kier alpha value is -2.80. The van der Waals surface area contributed by atoms with Crippen LogP contribution in [-0.2, 0) is 61.7 Å². The first-order chi connectivity index (χ1) is 31.9. The molecule has 0 aromatic heterocycles. The third-order valence-corrected chi connectivity index (χ3v) is 15.4. The van der Waals surface area contributed by atoms with Crippen LogP contribution in [0.2, 0.25) is 0 Å². The highest BCUT2D eigenvalue weighted by atomic mass is 16.7. The zero-order chi connectivity index (χ0) is 48.4. The van der Waals surface area contributed by atoms with Crippen LogP contribution in [0.15, 0.2) is 59.3 Å². The van der Waals surface area contributed by atoms with E-state index in [9.17, 15) is 19.8 Å². The van der Waals surface area contributed by atoms with Gasteiger partial charge in [0.25, 0.3) is 0 Å². The summed E-state index contributed by atoms with van der Waals surface area (Å²) in [6.07, 6.45) is 9.69. The molecule has 2 bridgehead atoms. The highest BCUT2D eigenvalue weighted by Gasteiger charge is 2.60. The molecule has 1 aliphatic carbocycles. The van der Waals surface area contributed by atoms with Gasteiger partial charge in [-0.25, -0.2) is 0 Å². The molecule has 0 saturated carbocycles. The lowest BCUT2D eigenvalue weighted by Gasteiger charge is -2.48. The van der Waals surface area contributed by atoms with Gasteiger partial charge in [-0.3, -0.25) is 9.59 Å². The molecular formula is C52H78O15. The van der Waals surface area contributed by atoms with E-state index in [2.05, 4.69) is 39.8 Å². The average molecular weight is 943 g/mol. The van der Waals surface area contributed by atoms with Crippen molar-refractivity contribution in [2.45, 2.75) is 198 Å². The smallest absolute Gasteiger partial charge is 0.316 e. The summed E-state index contributed by atoms with van der Waals surface area (Å²) in [7, 11) is 3.29. The van der Waals surface area contributed by atoms with Crippen LogP contribution < -0.4 is 0 Å². The number of carbonyl (C=O) groups is 2. The van der Waals surface area contributed by atoms with Crippen molar-refractivity contribution >= 4 is 11.9 Å². The number of carbonyl (C=O) groups excluding carboxylic acids is 2. The Kier molecular flexibility index (Phi) is 17.2. The lowest BCUT2D eigenvalue weighted by molar-refractivity contribution is -0.315. The van der Waals surface area contributed by atoms with E-state index in [0.29, 0.717) is 43.4 Å². The zero-order valence-electron chi connectivity index (χ0n) is 41.5. The first kappa shape index (κ1) is 52.0. The first-order valence-electron chi connectivity index (χ1n) is 24.8. The number of allylic oxidation sites excluding steroid dienone is 2. The molecule has 0 aromatic rings. The predicted octanol–water partition coefficient (Wildman–Crippen LogP) is 6.59. The van der Waals surface area contributed by atoms with Crippen molar-refractivity contribution in [1.82, 2.24) is 0 Å². The molecule has 6 heterocycles. The molecule has 7 aliphatic rings. The van der Waals surface area contributed by atoms with Gasteiger partial charge in [0.1, 0.15) is 35.9 Å². The quantitative estimate of drug-likeness (QED) is 0.168. The van der Waals surface area contributed by atoms with Crippen LogP contribution in [0.4, 0.5) is 0 Å². The Morgan fingerprint density at radius 1 is 0.910 bits per heavy atom. The van der Waals surface area contributed by atoms with Crippen LogP contribution in [-0.4, -0.2) is 141 Å². The number of hydrogen-bond donors (Lipinski definition) is 2. The Morgan fingerprint density at radius 2 is 1.63 bits per heavy atom. The third-order valence-electron chi connectivity index (χ3n) is 15.4. The van der Waals surface area contributed by atoms with Crippen molar-refractivity contribution in [2.24, 2.45) is 29.6 Å². The average Bonchev–Trinajstić information content (AvgIpc) is 3.63. The van der Waals surface area contributed by atoms with Gasteiger partial charge >= 0.3 is 11.9 Å². The fraction of sp³-hybridized carbons (Fsp3) is 0.769. The molecule has 1 spiro atoms. The summed E-state index contributed by atoms with van der Waals surface area (Å²) in [6.45, 7) is 18.3. The van der Waals surface area contributed by atoms with Gasteiger partial charge in [-0.15, -0.1) is 0 Å². The Balaban J connectivity index is 1.15. The first-order valence-corrected chi connectivity index (χ1v) is 24.8. The molecule has 6 aliphatic heterocycles. The fourth-order valence-electron chi connectivity index (χ4n) is 11.4. The summed E-state index contributed by atoms with van der Waals surface area (Å²) in [5, 5.41) is 23.8. The normalized spacial score (nSPS) is 46.3. The van der Waals surface area contributed by atoms with Gasteiger partial charge in [0.15, 0.2) is 18.4 Å². The molecule has 376 valence electrons. The molecule has 4 saturated heterocycles. The van der Waals surface area contributed by atoms with Crippen LogP contribution in [0.25, 0.3) is 0 Å². The number of fused-ring (bicyclic) bond motifs is 2. The van der Waals surface area contributed by atoms with E-state index in [-0.39, 0.29) is 67.4 Å².